The summed E-state index contributed by atoms with van der Waals surface area (Å²) in [6, 6.07) is 7.79. The molecule has 0 aliphatic carbocycles. The van der Waals surface area contributed by atoms with Gasteiger partial charge in [-0.05, 0) is 36.1 Å². The van der Waals surface area contributed by atoms with Crippen LogP contribution in [0.2, 0.25) is 0 Å². The zero-order chi connectivity index (χ0) is 17.0. The van der Waals surface area contributed by atoms with Gasteiger partial charge in [0.25, 0.3) is 0 Å². The Balaban J connectivity index is 0.00000225. The highest BCUT2D eigenvalue weighted by Gasteiger charge is 2.32. The third-order valence-corrected chi connectivity index (χ3v) is 5.28. The summed E-state index contributed by atoms with van der Waals surface area (Å²) in [5.74, 6) is 1.03. The molecular weight excluding hydrogens is 338 g/mol. The van der Waals surface area contributed by atoms with Gasteiger partial charge in [-0.3, -0.25) is 9.69 Å². The number of halogens is 1. The fourth-order valence-electron chi connectivity index (χ4n) is 3.77. The Morgan fingerprint density at radius 2 is 2.04 bits per heavy atom. The number of amides is 1. The van der Waals surface area contributed by atoms with Gasteiger partial charge in [-0.2, -0.15) is 0 Å². The lowest BCUT2D eigenvalue weighted by molar-refractivity contribution is -0.132. The average Bonchev–Trinajstić information content (AvgIpc) is 3.01. The smallest absolute Gasteiger partial charge is 0.227 e. The number of benzene rings is 1. The summed E-state index contributed by atoms with van der Waals surface area (Å²) in [6.07, 6.45) is 1.71. The number of hydrogen-bond donors (Lipinski definition) is 1. The normalized spacial score (nSPS) is 24.0. The van der Waals surface area contributed by atoms with Crippen LogP contribution in [0.3, 0.4) is 0 Å². The highest BCUT2D eigenvalue weighted by molar-refractivity contribution is 5.85. The Hall–Kier alpha value is -1.30. The molecule has 0 saturated carbocycles. The van der Waals surface area contributed by atoms with E-state index in [9.17, 15) is 4.79 Å². The minimum Gasteiger partial charge on any atom is -0.497 e. The first-order valence-electron chi connectivity index (χ1n) is 8.92. The first-order chi connectivity index (χ1) is 11.6. The predicted molar refractivity (Wildman–Crippen MR) is 103 cm³/mol. The molecule has 0 spiro atoms. The molecule has 2 fully saturated rings. The van der Waals surface area contributed by atoms with Gasteiger partial charge in [-0.15, -0.1) is 12.4 Å². The standard InChI is InChI=1S/C19H29N3O2.ClH/c1-19(6-7-20-14-19)15-21-8-10-22(11-9-21)18(23)13-16-4-3-5-17(12-16)24-2;/h3-5,12,20H,6-11,13-15H2,1-2H3;1H. The van der Waals surface area contributed by atoms with Crippen LogP contribution in [0.15, 0.2) is 24.3 Å². The van der Waals surface area contributed by atoms with Crippen molar-refractivity contribution in [2.24, 2.45) is 5.41 Å². The molecule has 1 aromatic rings. The van der Waals surface area contributed by atoms with Crippen LogP contribution in [-0.4, -0.2) is 68.6 Å². The Kier molecular flexibility index (Phi) is 7.11. The maximum absolute atomic E-state index is 12.5. The molecule has 25 heavy (non-hydrogen) atoms. The lowest BCUT2D eigenvalue weighted by Gasteiger charge is -2.38. The number of nitrogens with zero attached hydrogens (tertiary/aromatic N) is 2. The van der Waals surface area contributed by atoms with Crippen molar-refractivity contribution >= 4 is 18.3 Å². The quantitative estimate of drug-likeness (QED) is 0.862. The number of ether oxygens (including phenoxy) is 1. The Morgan fingerprint density at radius 1 is 1.28 bits per heavy atom. The minimum absolute atomic E-state index is 0. The topological polar surface area (TPSA) is 44.8 Å². The first-order valence-corrected chi connectivity index (χ1v) is 8.92. The molecule has 1 unspecified atom stereocenters. The van der Waals surface area contributed by atoms with E-state index in [0.717, 1.165) is 57.1 Å². The number of nitrogens with one attached hydrogen (secondary N) is 1. The molecule has 2 aliphatic heterocycles. The fourth-order valence-corrected chi connectivity index (χ4v) is 3.77. The lowest BCUT2D eigenvalue weighted by atomic mass is 9.89. The van der Waals surface area contributed by atoms with Crippen molar-refractivity contribution in [2.45, 2.75) is 19.8 Å². The average molecular weight is 368 g/mol. The zero-order valence-electron chi connectivity index (χ0n) is 15.3. The second kappa shape index (κ2) is 8.88. The van der Waals surface area contributed by atoms with Gasteiger partial charge < -0.3 is 15.0 Å². The zero-order valence-corrected chi connectivity index (χ0v) is 16.1. The van der Waals surface area contributed by atoms with E-state index in [2.05, 4.69) is 17.1 Å². The van der Waals surface area contributed by atoms with Gasteiger partial charge in [0.2, 0.25) is 5.91 Å². The molecule has 1 N–H and O–H groups in total. The van der Waals surface area contributed by atoms with E-state index in [1.54, 1.807) is 7.11 Å². The van der Waals surface area contributed by atoms with Gasteiger partial charge in [0.05, 0.1) is 13.5 Å². The molecule has 2 heterocycles. The summed E-state index contributed by atoms with van der Waals surface area (Å²) in [4.78, 5) is 17.1. The summed E-state index contributed by atoms with van der Waals surface area (Å²) >= 11 is 0. The number of carbonyl (C=O) groups is 1. The molecule has 5 nitrogen and oxygen atoms in total. The third-order valence-electron chi connectivity index (χ3n) is 5.28. The van der Waals surface area contributed by atoms with Crippen LogP contribution in [0.1, 0.15) is 18.9 Å². The highest BCUT2D eigenvalue weighted by Crippen LogP contribution is 2.26. The van der Waals surface area contributed by atoms with Crippen molar-refractivity contribution in [3.05, 3.63) is 29.8 Å². The molecule has 3 rings (SSSR count). The van der Waals surface area contributed by atoms with E-state index >= 15 is 0 Å². The van der Waals surface area contributed by atoms with Crippen molar-refractivity contribution in [1.82, 2.24) is 15.1 Å². The summed E-state index contributed by atoms with van der Waals surface area (Å²) in [6.45, 7) is 9.40. The number of methoxy groups -OCH3 is 1. The molecule has 1 atom stereocenters. The second-order valence-electron chi connectivity index (χ2n) is 7.42. The molecule has 1 amide bonds. The Labute approximate surface area is 157 Å². The third kappa shape index (κ3) is 5.33. The molecule has 0 aromatic heterocycles. The number of carbonyl (C=O) groups excluding carboxylic acids is 1. The molecule has 2 saturated heterocycles. The summed E-state index contributed by atoms with van der Waals surface area (Å²) in [7, 11) is 1.65. The van der Waals surface area contributed by atoms with Crippen LogP contribution in [0.4, 0.5) is 0 Å². The van der Waals surface area contributed by atoms with Gasteiger partial charge >= 0.3 is 0 Å². The largest absolute Gasteiger partial charge is 0.497 e. The lowest BCUT2D eigenvalue weighted by Crippen LogP contribution is -2.51. The van der Waals surface area contributed by atoms with Gasteiger partial charge in [-0.25, -0.2) is 0 Å². The molecule has 0 bridgehead atoms. The first kappa shape index (κ1) is 20.0. The van der Waals surface area contributed by atoms with Crippen LogP contribution in [0.25, 0.3) is 0 Å². The summed E-state index contributed by atoms with van der Waals surface area (Å²) in [5.41, 5.74) is 1.42. The van der Waals surface area contributed by atoms with Crippen LogP contribution in [-0.2, 0) is 11.2 Å². The second-order valence-corrected chi connectivity index (χ2v) is 7.42. The Bertz CT molecular complexity index is 568. The number of hydrogen-bond acceptors (Lipinski definition) is 4. The Morgan fingerprint density at radius 3 is 2.68 bits per heavy atom. The maximum Gasteiger partial charge on any atom is 0.227 e. The van der Waals surface area contributed by atoms with E-state index in [1.807, 2.05) is 29.2 Å². The molecule has 1 aromatic carbocycles. The molecular formula is C19H30ClN3O2. The van der Waals surface area contributed by atoms with Crippen molar-refractivity contribution < 1.29 is 9.53 Å². The van der Waals surface area contributed by atoms with Crippen LogP contribution < -0.4 is 10.1 Å². The van der Waals surface area contributed by atoms with E-state index in [1.165, 1.54) is 6.42 Å². The summed E-state index contributed by atoms with van der Waals surface area (Å²) in [5, 5.41) is 3.46. The van der Waals surface area contributed by atoms with Crippen molar-refractivity contribution in [2.75, 3.05) is 52.9 Å². The van der Waals surface area contributed by atoms with Gasteiger partial charge in [0.15, 0.2) is 0 Å². The summed E-state index contributed by atoms with van der Waals surface area (Å²) < 4.78 is 5.23. The van der Waals surface area contributed by atoms with Crippen molar-refractivity contribution in [3.8, 4) is 5.75 Å². The highest BCUT2D eigenvalue weighted by atomic mass is 35.5. The number of rotatable bonds is 5. The van der Waals surface area contributed by atoms with Crippen LogP contribution in [0.5, 0.6) is 5.75 Å². The van der Waals surface area contributed by atoms with Gasteiger partial charge in [0.1, 0.15) is 5.75 Å². The van der Waals surface area contributed by atoms with Gasteiger partial charge in [-0.1, -0.05) is 19.1 Å². The van der Waals surface area contributed by atoms with E-state index < -0.39 is 0 Å². The minimum atomic E-state index is 0. The molecule has 6 heteroatoms. The SMILES string of the molecule is COc1cccc(CC(=O)N2CCN(CC3(C)CCNC3)CC2)c1.Cl. The predicted octanol–water partition coefficient (Wildman–Crippen LogP) is 1.80. The van der Waals surface area contributed by atoms with Crippen molar-refractivity contribution in [1.29, 1.82) is 0 Å². The van der Waals surface area contributed by atoms with Crippen LogP contribution >= 0.6 is 12.4 Å². The van der Waals surface area contributed by atoms with E-state index in [0.29, 0.717) is 11.8 Å². The number of piperazine rings is 1. The molecule has 2 aliphatic rings. The molecule has 0 radical (unpaired) electrons. The van der Waals surface area contributed by atoms with Gasteiger partial charge in [0, 0.05) is 39.3 Å². The van der Waals surface area contributed by atoms with E-state index in [4.69, 9.17) is 4.74 Å². The van der Waals surface area contributed by atoms with Crippen molar-refractivity contribution in [3.63, 3.8) is 0 Å². The molecule has 140 valence electrons. The monoisotopic (exact) mass is 367 g/mol. The van der Waals surface area contributed by atoms with E-state index in [-0.39, 0.29) is 18.3 Å². The fraction of sp³-hybridized carbons (Fsp3) is 0.632. The van der Waals surface area contributed by atoms with Crippen LogP contribution in [0, 0.1) is 5.41 Å². The maximum atomic E-state index is 12.5.